The van der Waals surface area contributed by atoms with Gasteiger partial charge in [0.2, 0.25) is 0 Å². The number of nitro groups is 2. The van der Waals surface area contributed by atoms with E-state index in [1.807, 2.05) is 0 Å². The van der Waals surface area contributed by atoms with Gasteiger partial charge in [-0.05, 0) is 12.5 Å². The molecule has 1 aromatic carbocycles. The third-order valence-corrected chi connectivity index (χ3v) is 3.13. The van der Waals surface area contributed by atoms with Gasteiger partial charge in [-0.25, -0.2) is 0 Å². The van der Waals surface area contributed by atoms with Crippen LogP contribution in [0.2, 0.25) is 0 Å². The fourth-order valence-corrected chi connectivity index (χ4v) is 2.10. The average molecular weight is 293 g/mol. The van der Waals surface area contributed by atoms with E-state index < -0.39 is 27.4 Å². The first kappa shape index (κ1) is 14.4. The smallest absolute Gasteiger partial charge is 0.310 e. The van der Waals surface area contributed by atoms with Crippen molar-refractivity contribution in [2.75, 3.05) is 5.32 Å². The van der Waals surface area contributed by atoms with Gasteiger partial charge in [-0.2, -0.15) is 0 Å². The van der Waals surface area contributed by atoms with Gasteiger partial charge >= 0.3 is 5.97 Å². The molecule has 1 aliphatic carbocycles. The number of benzene rings is 1. The van der Waals surface area contributed by atoms with Gasteiger partial charge < -0.3 is 10.4 Å². The Hall–Kier alpha value is -2.97. The van der Waals surface area contributed by atoms with E-state index in [1.165, 1.54) is 12.1 Å². The number of carboxylic acids is 1. The highest BCUT2D eigenvalue weighted by molar-refractivity contribution is 5.73. The lowest BCUT2D eigenvalue weighted by molar-refractivity contribution is -0.393. The van der Waals surface area contributed by atoms with Crippen LogP contribution in [0, 0.1) is 26.1 Å². The number of nitrogens with one attached hydrogen (secondary N) is 1. The number of carboxylic acid groups (broad SMARTS) is 1. The zero-order valence-corrected chi connectivity index (χ0v) is 10.6. The highest BCUT2D eigenvalue weighted by Crippen LogP contribution is 2.31. The molecule has 0 aliphatic heterocycles. The summed E-state index contributed by atoms with van der Waals surface area (Å²) < 4.78 is 0. The van der Waals surface area contributed by atoms with Crippen LogP contribution >= 0.6 is 0 Å². The number of nitrogens with zero attached hydrogens (tertiary/aromatic N) is 2. The summed E-state index contributed by atoms with van der Waals surface area (Å²) in [4.78, 5) is 31.0. The molecule has 2 unspecified atom stereocenters. The van der Waals surface area contributed by atoms with Crippen molar-refractivity contribution < 1.29 is 19.7 Å². The molecule has 0 saturated heterocycles. The van der Waals surface area contributed by atoms with Crippen molar-refractivity contribution in [3.05, 3.63) is 50.6 Å². The SMILES string of the molecule is O=C(O)C1C=CC(Nc2ccc([N+](=O)[O-])cc2[N+](=O)[O-])C1. The molecule has 0 saturated carbocycles. The molecule has 110 valence electrons. The Morgan fingerprint density at radius 2 is 1.95 bits per heavy atom. The van der Waals surface area contributed by atoms with E-state index in [2.05, 4.69) is 5.32 Å². The monoisotopic (exact) mass is 293 g/mol. The summed E-state index contributed by atoms with van der Waals surface area (Å²) in [6.45, 7) is 0. The van der Waals surface area contributed by atoms with Gasteiger partial charge in [0, 0.05) is 12.1 Å². The number of carbonyl (C=O) groups is 1. The molecular formula is C12H11N3O6. The normalized spacial score (nSPS) is 20.2. The zero-order chi connectivity index (χ0) is 15.6. The molecule has 1 aromatic rings. The minimum Gasteiger partial charge on any atom is -0.481 e. The second-order valence-corrected chi connectivity index (χ2v) is 4.53. The topological polar surface area (TPSA) is 136 Å². The highest BCUT2D eigenvalue weighted by atomic mass is 16.6. The van der Waals surface area contributed by atoms with Crippen LogP contribution < -0.4 is 5.32 Å². The number of hydrogen-bond donors (Lipinski definition) is 2. The lowest BCUT2D eigenvalue weighted by atomic mass is 10.1. The van der Waals surface area contributed by atoms with Crippen molar-refractivity contribution in [1.82, 2.24) is 0 Å². The number of non-ortho nitro benzene ring substituents is 1. The molecule has 2 N–H and O–H groups in total. The summed E-state index contributed by atoms with van der Waals surface area (Å²) in [5, 5.41) is 33.3. The first-order valence-corrected chi connectivity index (χ1v) is 5.99. The molecule has 21 heavy (non-hydrogen) atoms. The van der Waals surface area contributed by atoms with Gasteiger partial charge in [-0.1, -0.05) is 12.2 Å². The van der Waals surface area contributed by atoms with Gasteiger partial charge in [0.15, 0.2) is 0 Å². The van der Waals surface area contributed by atoms with Crippen molar-refractivity contribution in [2.24, 2.45) is 5.92 Å². The first-order valence-electron chi connectivity index (χ1n) is 5.99. The summed E-state index contributed by atoms with van der Waals surface area (Å²) in [7, 11) is 0. The van der Waals surface area contributed by atoms with Gasteiger partial charge in [-0.3, -0.25) is 25.0 Å². The van der Waals surface area contributed by atoms with E-state index in [0.717, 1.165) is 12.1 Å². The maximum Gasteiger partial charge on any atom is 0.310 e. The Labute approximate surface area is 118 Å². The summed E-state index contributed by atoms with van der Waals surface area (Å²) in [5.74, 6) is -1.60. The molecule has 2 rings (SSSR count). The largest absolute Gasteiger partial charge is 0.481 e. The van der Waals surface area contributed by atoms with E-state index >= 15 is 0 Å². The van der Waals surface area contributed by atoms with Gasteiger partial charge in [0.05, 0.1) is 21.8 Å². The standard InChI is InChI=1S/C12H11N3O6/c16-12(17)7-1-2-8(5-7)13-10-4-3-9(14(18)19)6-11(10)15(20)21/h1-4,6-8,13H,5H2,(H,16,17). The minimum absolute atomic E-state index is 0.117. The van der Waals surface area contributed by atoms with E-state index in [9.17, 15) is 25.0 Å². The van der Waals surface area contributed by atoms with Gasteiger partial charge in [0.1, 0.15) is 5.69 Å². The molecule has 0 fully saturated rings. The van der Waals surface area contributed by atoms with Crippen LogP contribution in [0.25, 0.3) is 0 Å². The number of hydrogen-bond acceptors (Lipinski definition) is 6. The van der Waals surface area contributed by atoms with Crippen molar-refractivity contribution in [3.8, 4) is 0 Å². The third-order valence-electron chi connectivity index (χ3n) is 3.13. The molecule has 0 heterocycles. The molecule has 0 radical (unpaired) electrons. The minimum atomic E-state index is -0.964. The van der Waals surface area contributed by atoms with Crippen LogP contribution in [0.4, 0.5) is 17.1 Å². The van der Waals surface area contributed by atoms with Crippen LogP contribution in [-0.4, -0.2) is 27.0 Å². The third kappa shape index (κ3) is 3.14. The van der Waals surface area contributed by atoms with Crippen LogP contribution in [0.3, 0.4) is 0 Å². The van der Waals surface area contributed by atoms with Crippen LogP contribution in [-0.2, 0) is 4.79 Å². The second kappa shape index (κ2) is 5.57. The Kier molecular flexibility index (Phi) is 3.83. The van der Waals surface area contributed by atoms with Gasteiger partial charge in [-0.15, -0.1) is 0 Å². The van der Waals surface area contributed by atoms with Crippen molar-refractivity contribution in [1.29, 1.82) is 0 Å². The molecule has 2 atom stereocenters. The molecule has 1 aliphatic rings. The molecule has 0 amide bonds. The fourth-order valence-electron chi connectivity index (χ4n) is 2.10. The first-order chi connectivity index (χ1) is 9.88. The van der Waals surface area contributed by atoms with E-state index in [0.29, 0.717) is 0 Å². The van der Waals surface area contributed by atoms with Crippen LogP contribution in [0.1, 0.15) is 6.42 Å². The number of nitro benzene ring substituents is 2. The molecule has 0 bridgehead atoms. The predicted molar refractivity (Wildman–Crippen MR) is 72.0 cm³/mol. The van der Waals surface area contributed by atoms with Crippen molar-refractivity contribution in [2.45, 2.75) is 12.5 Å². The molecule has 0 aromatic heterocycles. The second-order valence-electron chi connectivity index (χ2n) is 4.53. The number of aliphatic carboxylic acids is 1. The summed E-state index contributed by atoms with van der Waals surface area (Å²) in [6, 6.07) is 2.91. The van der Waals surface area contributed by atoms with Crippen LogP contribution in [0.5, 0.6) is 0 Å². The van der Waals surface area contributed by atoms with E-state index in [4.69, 9.17) is 5.11 Å². The Morgan fingerprint density at radius 3 is 2.48 bits per heavy atom. The Bertz CT molecular complexity index is 642. The maximum atomic E-state index is 11.0. The quantitative estimate of drug-likeness (QED) is 0.481. The summed E-state index contributed by atoms with van der Waals surface area (Å²) >= 11 is 0. The average Bonchev–Trinajstić information content (AvgIpc) is 2.87. The maximum absolute atomic E-state index is 11.0. The highest BCUT2D eigenvalue weighted by Gasteiger charge is 2.27. The zero-order valence-electron chi connectivity index (χ0n) is 10.6. The van der Waals surface area contributed by atoms with E-state index in [1.54, 1.807) is 6.08 Å². The predicted octanol–water partition coefficient (Wildman–Crippen LogP) is 1.94. The van der Waals surface area contributed by atoms with Crippen molar-refractivity contribution >= 4 is 23.0 Å². The van der Waals surface area contributed by atoms with Gasteiger partial charge in [0.25, 0.3) is 11.4 Å². The lowest BCUT2D eigenvalue weighted by Crippen LogP contribution is -2.19. The number of anilines is 1. The van der Waals surface area contributed by atoms with E-state index in [-0.39, 0.29) is 23.8 Å². The molecule has 9 nitrogen and oxygen atoms in total. The Balaban J connectivity index is 2.21. The Morgan fingerprint density at radius 1 is 1.24 bits per heavy atom. The number of rotatable bonds is 5. The molecule has 9 heteroatoms. The summed E-state index contributed by atoms with van der Waals surface area (Å²) in [5.41, 5.74) is -0.680. The van der Waals surface area contributed by atoms with Crippen LogP contribution in [0.15, 0.2) is 30.4 Å². The molecular weight excluding hydrogens is 282 g/mol. The fraction of sp³-hybridized carbons (Fsp3) is 0.250. The lowest BCUT2D eigenvalue weighted by Gasteiger charge is -2.13. The van der Waals surface area contributed by atoms with Crippen molar-refractivity contribution in [3.63, 3.8) is 0 Å². The molecule has 0 spiro atoms. The summed E-state index contributed by atoms with van der Waals surface area (Å²) in [6.07, 6.45) is 3.39.